The van der Waals surface area contributed by atoms with E-state index >= 15 is 0 Å². The van der Waals surface area contributed by atoms with Gasteiger partial charge in [0.15, 0.2) is 0 Å². The molecule has 0 spiro atoms. The summed E-state index contributed by atoms with van der Waals surface area (Å²) >= 11 is 0. The summed E-state index contributed by atoms with van der Waals surface area (Å²) in [5.41, 5.74) is 0.193. The minimum absolute atomic E-state index is 0.134. The molecular weight excluding hydrogens is 232 g/mol. The Kier molecular flexibility index (Phi) is 4.99. The fraction of sp³-hybridized carbons (Fsp3) is 0.846. The summed E-state index contributed by atoms with van der Waals surface area (Å²) in [4.78, 5) is 24.4. The number of amides is 2. The summed E-state index contributed by atoms with van der Waals surface area (Å²) in [7, 11) is 0. The first-order valence-corrected chi connectivity index (χ1v) is 6.55. The van der Waals surface area contributed by atoms with E-state index < -0.39 is 11.9 Å². The lowest BCUT2D eigenvalue weighted by Crippen LogP contribution is -2.47. The van der Waals surface area contributed by atoms with Gasteiger partial charge >= 0.3 is 12.0 Å². The molecule has 1 rings (SSSR count). The minimum Gasteiger partial charge on any atom is -0.481 e. The molecule has 5 heteroatoms. The lowest BCUT2D eigenvalue weighted by molar-refractivity contribution is -0.143. The van der Waals surface area contributed by atoms with Crippen molar-refractivity contribution in [1.82, 2.24) is 10.2 Å². The normalized spacial score (nSPS) is 20.6. The molecule has 1 aliphatic heterocycles. The fourth-order valence-electron chi connectivity index (χ4n) is 2.02. The number of carbonyl (C=O) groups is 2. The largest absolute Gasteiger partial charge is 0.481 e. The SMILES string of the molecule is CC(C)(C)CCNC(=O)N1CCCC(C(=O)O)C1. The molecule has 2 N–H and O–H groups in total. The Bertz CT molecular complexity index is 310. The lowest BCUT2D eigenvalue weighted by Gasteiger charge is -2.31. The van der Waals surface area contributed by atoms with Crippen LogP contribution in [0.2, 0.25) is 0 Å². The third-order valence-electron chi connectivity index (χ3n) is 3.21. The molecule has 1 unspecified atom stereocenters. The maximum Gasteiger partial charge on any atom is 0.317 e. The number of aliphatic carboxylic acids is 1. The first-order chi connectivity index (χ1) is 8.29. The average molecular weight is 256 g/mol. The highest BCUT2D eigenvalue weighted by Crippen LogP contribution is 2.18. The molecule has 0 saturated carbocycles. The number of hydrogen-bond acceptors (Lipinski definition) is 2. The van der Waals surface area contributed by atoms with Crippen LogP contribution in [0.1, 0.15) is 40.0 Å². The topological polar surface area (TPSA) is 69.6 Å². The molecule has 1 atom stereocenters. The molecule has 2 amide bonds. The number of carbonyl (C=O) groups excluding carboxylic acids is 1. The smallest absolute Gasteiger partial charge is 0.317 e. The molecule has 0 aromatic carbocycles. The zero-order valence-corrected chi connectivity index (χ0v) is 11.5. The van der Waals surface area contributed by atoms with Crippen LogP contribution >= 0.6 is 0 Å². The minimum atomic E-state index is -0.804. The number of rotatable bonds is 3. The Morgan fingerprint density at radius 1 is 1.39 bits per heavy atom. The predicted molar refractivity (Wildman–Crippen MR) is 69.4 cm³/mol. The van der Waals surface area contributed by atoms with Crippen molar-refractivity contribution in [2.24, 2.45) is 11.3 Å². The Labute approximate surface area is 109 Å². The van der Waals surface area contributed by atoms with Crippen LogP contribution in [0.25, 0.3) is 0 Å². The van der Waals surface area contributed by atoms with Crippen LogP contribution in [0.15, 0.2) is 0 Å². The zero-order valence-electron chi connectivity index (χ0n) is 11.5. The van der Waals surface area contributed by atoms with Crippen molar-refractivity contribution < 1.29 is 14.7 Å². The zero-order chi connectivity index (χ0) is 13.8. The molecule has 0 bridgehead atoms. The molecule has 1 saturated heterocycles. The molecule has 0 radical (unpaired) electrons. The van der Waals surface area contributed by atoms with Crippen molar-refractivity contribution in [2.45, 2.75) is 40.0 Å². The molecule has 1 fully saturated rings. The summed E-state index contributed by atoms with van der Waals surface area (Å²) < 4.78 is 0. The molecule has 104 valence electrons. The van der Waals surface area contributed by atoms with E-state index in [0.717, 1.165) is 12.8 Å². The van der Waals surface area contributed by atoms with E-state index in [1.165, 1.54) is 0 Å². The third kappa shape index (κ3) is 4.94. The number of piperidine rings is 1. The monoisotopic (exact) mass is 256 g/mol. The molecule has 0 aromatic heterocycles. The summed E-state index contributed by atoms with van der Waals surface area (Å²) in [6.45, 7) is 8.00. The summed E-state index contributed by atoms with van der Waals surface area (Å²) in [5, 5.41) is 11.8. The van der Waals surface area contributed by atoms with Gasteiger partial charge in [-0.15, -0.1) is 0 Å². The van der Waals surface area contributed by atoms with Gasteiger partial charge in [-0.1, -0.05) is 20.8 Å². The highest BCUT2D eigenvalue weighted by Gasteiger charge is 2.27. The van der Waals surface area contributed by atoms with Crippen LogP contribution in [0.5, 0.6) is 0 Å². The van der Waals surface area contributed by atoms with Crippen LogP contribution in [-0.2, 0) is 4.79 Å². The van der Waals surface area contributed by atoms with Gasteiger partial charge in [-0.2, -0.15) is 0 Å². The second kappa shape index (κ2) is 6.07. The quantitative estimate of drug-likeness (QED) is 0.810. The molecule has 1 heterocycles. The molecule has 18 heavy (non-hydrogen) atoms. The highest BCUT2D eigenvalue weighted by molar-refractivity contribution is 5.76. The predicted octanol–water partition coefficient (Wildman–Crippen LogP) is 1.93. The third-order valence-corrected chi connectivity index (χ3v) is 3.21. The van der Waals surface area contributed by atoms with E-state index in [-0.39, 0.29) is 11.4 Å². The Hall–Kier alpha value is -1.26. The van der Waals surface area contributed by atoms with E-state index in [2.05, 4.69) is 26.1 Å². The van der Waals surface area contributed by atoms with Crippen LogP contribution in [-0.4, -0.2) is 41.6 Å². The van der Waals surface area contributed by atoms with Gasteiger partial charge in [0.2, 0.25) is 0 Å². The molecular formula is C13H24N2O3. The number of hydrogen-bond donors (Lipinski definition) is 2. The molecule has 0 aromatic rings. The summed E-state index contributed by atoms with van der Waals surface area (Å²) in [5.74, 6) is -1.21. The van der Waals surface area contributed by atoms with Crippen LogP contribution in [0.3, 0.4) is 0 Å². The van der Waals surface area contributed by atoms with E-state index in [1.54, 1.807) is 4.90 Å². The van der Waals surface area contributed by atoms with Crippen LogP contribution < -0.4 is 5.32 Å². The second-order valence-electron chi connectivity index (χ2n) is 6.17. The van der Waals surface area contributed by atoms with Gasteiger partial charge in [0.25, 0.3) is 0 Å². The van der Waals surface area contributed by atoms with Crippen molar-refractivity contribution in [3.8, 4) is 0 Å². The van der Waals surface area contributed by atoms with Crippen molar-refractivity contribution in [2.75, 3.05) is 19.6 Å². The van der Waals surface area contributed by atoms with Gasteiger partial charge in [-0.05, 0) is 24.7 Å². The van der Waals surface area contributed by atoms with Gasteiger partial charge in [0.05, 0.1) is 5.92 Å². The first-order valence-electron chi connectivity index (χ1n) is 6.55. The molecule has 5 nitrogen and oxygen atoms in total. The van der Waals surface area contributed by atoms with Crippen LogP contribution in [0.4, 0.5) is 4.79 Å². The fourth-order valence-corrected chi connectivity index (χ4v) is 2.02. The molecule has 0 aliphatic carbocycles. The lowest BCUT2D eigenvalue weighted by atomic mass is 9.92. The van der Waals surface area contributed by atoms with Gasteiger partial charge in [-0.3, -0.25) is 4.79 Å². The average Bonchev–Trinajstić information content (AvgIpc) is 2.27. The second-order valence-corrected chi connectivity index (χ2v) is 6.17. The number of carboxylic acids is 1. The number of nitrogens with one attached hydrogen (secondary N) is 1. The Balaban J connectivity index is 2.35. The van der Waals surface area contributed by atoms with E-state index in [9.17, 15) is 9.59 Å². The van der Waals surface area contributed by atoms with E-state index in [1.807, 2.05) is 0 Å². The number of nitrogens with zero attached hydrogens (tertiary/aromatic N) is 1. The van der Waals surface area contributed by atoms with Crippen molar-refractivity contribution >= 4 is 12.0 Å². The number of likely N-dealkylation sites (tertiary alicyclic amines) is 1. The van der Waals surface area contributed by atoms with Gasteiger partial charge in [0.1, 0.15) is 0 Å². The number of carboxylic acid groups (broad SMARTS) is 1. The number of urea groups is 1. The standard InChI is InChI=1S/C13H24N2O3/c1-13(2,3)6-7-14-12(18)15-8-4-5-10(9-15)11(16)17/h10H,4-9H2,1-3H3,(H,14,18)(H,16,17). The molecule has 1 aliphatic rings. The first kappa shape index (κ1) is 14.8. The van der Waals surface area contributed by atoms with Crippen molar-refractivity contribution in [3.63, 3.8) is 0 Å². The summed E-state index contributed by atoms with van der Waals surface area (Å²) in [6, 6.07) is -0.134. The van der Waals surface area contributed by atoms with Gasteiger partial charge in [-0.25, -0.2) is 4.79 Å². The van der Waals surface area contributed by atoms with E-state index in [0.29, 0.717) is 26.1 Å². The van der Waals surface area contributed by atoms with Crippen molar-refractivity contribution in [1.29, 1.82) is 0 Å². The van der Waals surface area contributed by atoms with Gasteiger partial charge in [0, 0.05) is 19.6 Å². The van der Waals surface area contributed by atoms with Crippen LogP contribution in [0, 0.1) is 11.3 Å². The summed E-state index contributed by atoms with van der Waals surface area (Å²) in [6.07, 6.45) is 2.35. The maximum absolute atomic E-state index is 11.9. The van der Waals surface area contributed by atoms with Crippen molar-refractivity contribution in [3.05, 3.63) is 0 Å². The van der Waals surface area contributed by atoms with E-state index in [4.69, 9.17) is 5.11 Å². The Morgan fingerprint density at radius 3 is 2.61 bits per heavy atom. The van der Waals surface area contributed by atoms with Gasteiger partial charge < -0.3 is 15.3 Å². The highest BCUT2D eigenvalue weighted by atomic mass is 16.4. The maximum atomic E-state index is 11.9. The Morgan fingerprint density at radius 2 is 2.06 bits per heavy atom.